The van der Waals surface area contributed by atoms with Gasteiger partial charge in [0.1, 0.15) is 10.1 Å². The van der Waals surface area contributed by atoms with Crippen LogP contribution in [0.15, 0.2) is 24.3 Å². The number of amides is 2. The first kappa shape index (κ1) is 14.8. The van der Waals surface area contributed by atoms with E-state index in [1.807, 2.05) is 19.1 Å². The largest absolute Gasteiger partial charge is 0.492 e. The van der Waals surface area contributed by atoms with E-state index in [4.69, 9.17) is 17.0 Å². The zero-order valence-electron chi connectivity index (χ0n) is 10.8. The summed E-state index contributed by atoms with van der Waals surface area (Å²) in [5.74, 6) is 0.158. The van der Waals surface area contributed by atoms with E-state index in [1.54, 1.807) is 12.1 Å². The first-order valence-electron chi connectivity index (χ1n) is 6.13. The minimum absolute atomic E-state index is 0.0805. The first-order chi connectivity index (χ1) is 9.60. The second kappa shape index (κ2) is 6.71. The van der Waals surface area contributed by atoms with E-state index in [-0.39, 0.29) is 18.2 Å². The van der Waals surface area contributed by atoms with Crippen LogP contribution >= 0.6 is 24.0 Å². The minimum Gasteiger partial charge on any atom is -0.492 e. The number of carbonyl (C=O) groups is 2. The van der Waals surface area contributed by atoms with Crippen LogP contribution in [0.2, 0.25) is 0 Å². The molecule has 1 aliphatic heterocycles. The number of benzene rings is 1. The van der Waals surface area contributed by atoms with Crippen LogP contribution in [0.25, 0.3) is 0 Å². The van der Waals surface area contributed by atoms with Crippen molar-refractivity contribution in [1.82, 2.24) is 5.32 Å². The highest BCUT2D eigenvalue weighted by Gasteiger charge is 2.31. The Bertz CT molecular complexity index is 548. The van der Waals surface area contributed by atoms with Gasteiger partial charge in [-0.3, -0.25) is 9.59 Å². The molecule has 0 aromatic heterocycles. The molecule has 0 bridgehead atoms. The quantitative estimate of drug-likeness (QED) is 0.814. The van der Waals surface area contributed by atoms with Gasteiger partial charge in [-0.15, -0.1) is 0 Å². The molecule has 0 spiro atoms. The lowest BCUT2D eigenvalue weighted by atomic mass is 10.2. The van der Waals surface area contributed by atoms with Crippen LogP contribution in [-0.2, 0) is 9.59 Å². The van der Waals surface area contributed by atoms with Gasteiger partial charge >= 0.3 is 0 Å². The number of rotatable bonds is 5. The average Bonchev–Trinajstić information content (AvgIpc) is 2.70. The molecule has 5 nitrogen and oxygen atoms in total. The molecule has 1 heterocycles. The monoisotopic (exact) mass is 310 g/mol. The molecule has 106 valence electrons. The Kier molecular flexibility index (Phi) is 4.97. The Morgan fingerprint density at radius 1 is 1.50 bits per heavy atom. The van der Waals surface area contributed by atoms with E-state index in [1.165, 1.54) is 11.8 Å². The highest BCUT2D eigenvalue weighted by Crippen LogP contribution is 2.26. The van der Waals surface area contributed by atoms with Gasteiger partial charge in [0.05, 0.1) is 17.5 Å². The summed E-state index contributed by atoms with van der Waals surface area (Å²) < 4.78 is 5.85. The SMILES string of the molecule is CCOc1ccccc1NC(=O)CC1SC(=S)NC1=O. The lowest BCUT2D eigenvalue weighted by Crippen LogP contribution is -2.27. The van der Waals surface area contributed by atoms with Crippen LogP contribution in [0.4, 0.5) is 5.69 Å². The van der Waals surface area contributed by atoms with E-state index in [9.17, 15) is 9.59 Å². The number of thioether (sulfide) groups is 1. The number of thiocarbonyl (C=S) groups is 1. The van der Waals surface area contributed by atoms with Crippen LogP contribution in [0.5, 0.6) is 5.75 Å². The van der Waals surface area contributed by atoms with Crippen molar-refractivity contribution in [2.75, 3.05) is 11.9 Å². The molecule has 0 saturated carbocycles. The molecule has 2 rings (SSSR count). The maximum Gasteiger partial charge on any atom is 0.239 e. The smallest absolute Gasteiger partial charge is 0.239 e. The number of nitrogens with one attached hydrogen (secondary N) is 2. The van der Waals surface area contributed by atoms with E-state index >= 15 is 0 Å². The van der Waals surface area contributed by atoms with E-state index in [0.717, 1.165) is 0 Å². The third-order valence-electron chi connectivity index (χ3n) is 2.60. The molecule has 2 amide bonds. The van der Waals surface area contributed by atoms with Crippen molar-refractivity contribution in [3.63, 3.8) is 0 Å². The van der Waals surface area contributed by atoms with Crippen LogP contribution in [0.3, 0.4) is 0 Å². The highest BCUT2D eigenvalue weighted by molar-refractivity contribution is 8.24. The second-order valence-corrected chi connectivity index (χ2v) is 5.94. The average molecular weight is 310 g/mol. The van der Waals surface area contributed by atoms with Crippen LogP contribution in [-0.4, -0.2) is 28.0 Å². The van der Waals surface area contributed by atoms with Gasteiger partial charge in [0.15, 0.2) is 0 Å². The van der Waals surface area contributed by atoms with Crippen molar-refractivity contribution in [2.45, 2.75) is 18.6 Å². The summed E-state index contributed by atoms with van der Waals surface area (Å²) in [6.07, 6.45) is 0.0805. The van der Waals surface area contributed by atoms with Gasteiger partial charge in [-0.1, -0.05) is 36.1 Å². The molecule has 1 aromatic rings. The number of hydrogen-bond donors (Lipinski definition) is 2. The molecular formula is C13H14N2O3S2. The van der Waals surface area contributed by atoms with Gasteiger partial charge < -0.3 is 15.4 Å². The second-order valence-electron chi connectivity index (χ2n) is 4.06. The van der Waals surface area contributed by atoms with Crippen molar-refractivity contribution in [2.24, 2.45) is 0 Å². The van der Waals surface area contributed by atoms with Gasteiger partial charge in [0.2, 0.25) is 11.8 Å². The Morgan fingerprint density at radius 3 is 2.90 bits per heavy atom. The Balaban J connectivity index is 1.98. The van der Waals surface area contributed by atoms with Gasteiger partial charge in [-0.05, 0) is 19.1 Å². The van der Waals surface area contributed by atoms with Crippen molar-refractivity contribution < 1.29 is 14.3 Å². The molecule has 1 unspecified atom stereocenters. The highest BCUT2D eigenvalue weighted by atomic mass is 32.2. The number of anilines is 1. The minimum atomic E-state index is -0.457. The zero-order valence-corrected chi connectivity index (χ0v) is 12.5. The third-order valence-corrected chi connectivity index (χ3v) is 3.97. The predicted molar refractivity (Wildman–Crippen MR) is 83.0 cm³/mol. The maximum absolute atomic E-state index is 12.0. The number of hydrogen-bond acceptors (Lipinski definition) is 5. The van der Waals surface area contributed by atoms with Crippen LogP contribution in [0, 0.1) is 0 Å². The van der Waals surface area contributed by atoms with Crippen molar-refractivity contribution in [1.29, 1.82) is 0 Å². The third kappa shape index (κ3) is 3.71. The molecule has 20 heavy (non-hydrogen) atoms. The van der Waals surface area contributed by atoms with Gasteiger partial charge in [0.25, 0.3) is 0 Å². The summed E-state index contributed by atoms with van der Waals surface area (Å²) in [7, 11) is 0. The molecule has 1 fully saturated rings. The summed E-state index contributed by atoms with van der Waals surface area (Å²) in [5.41, 5.74) is 0.602. The Hall–Kier alpha value is -1.60. The number of ether oxygens (including phenoxy) is 1. The van der Waals surface area contributed by atoms with Gasteiger partial charge in [0, 0.05) is 6.42 Å². The molecule has 0 radical (unpaired) electrons. The zero-order chi connectivity index (χ0) is 14.5. The van der Waals surface area contributed by atoms with Crippen LogP contribution < -0.4 is 15.4 Å². The summed E-state index contributed by atoms with van der Waals surface area (Å²) in [4.78, 5) is 23.5. The predicted octanol–water partition coefficient (Wildman–Crippen LogP) is 1.93. The standard InChI is InChI=1S/C13H14N2O3S2/c1-2-18-9-6-4-3-5-8(9)14-11(16)7-10-12(17)15-13(19)20-10/h3-6,10H,2,7H2,1H3,(H,14,16)(H,15,17,19). The van der Waals surface area contributed by atoms with E-state index in [0.29, 0.717) is 22.4 Å². The van der Waals surface area contributed by atoms with Gasteiger partial charge in [-0.2, -0.15) is 0 Å². The summed E-state index contributed by atoms with van der Waals surface area (Å²) >= 11 is 6.10. The summed E-state index contributed by atoms with van der Waals surface area (Å²) in [6, 6.07) is 7.18. The van der Waals surface area contributed by atoms with Gasteiger partial charge in [-0.25, -0.2) is 0 Å². The van der Waals surface area contributed by atoms with Crippen LogP contribution in [0.1, 0.15) is 13.3 Å². The molecule has 0 aliphatic carbocycles. The summed E-state index contributed by atoms with van der Waals surface area (Å²) in [6.45, 7) is 2.39. The lowest BCUT2D eigenvalue weighted by molar-refractivity contribution is -0.122. The van der Waals surface area contributed by atoms with E-state index < -0.39 is 5.25 Å². The molecule has 1 aliphatic rings. The number of carbonyl (C=O) groups excluding carboxylic acids is 2. The molecule has 2 N–H and O–H groups in total. The van der Waals surface area contributed by atoms with Crippen molar-refractivity contribution in [3.8, 4) is 5.75 Å². The lowest BCUT2D eigenvalue weighted by Gasteiger charge is -2.12. The molecule has 7 heteroatoms. The maximum atomic E-state index is 12.0. The Morgan fingerprint density at radius 2 is 2.25 bits per heavy atom. The van der Waals surface area contributed by atoms with Crippen molar-refractivity contribution in [3.05, 3.63) is 24.3 Å². The molecule has 1 aromatic carbocycles. The first-order valence-corrected chi connectivity index (χ1v) is 7.42. The summed E-state index contributed by atoms with van der Waals surface area (Å²) in [5, 5.41) is 4.82. The fourth-order valence-corrected chi connectivity index (χ4v) is 3.02. The topological polar surface area (TPSA) is 67.4 Å². The molecule has 1 saturated heterocycles. The number of para-hydroxylation sites is 2. The normalized spacial score (nSPS) is 17.8. The van der Waals surface area contributed by atoms with E-state index in [2.05, 4.69) is 10.6 Å². The molecule has 1 atom stereocenters. The fourth-order valence-electron chi connectivity index (χ4n) is 1.75. The fraction of sp³-hybridized carbons (Fsp3) is 0.308. The Labute approximate surface area is 126 Å². The molecular weight excluding hydrogens is 296 g/mol. The van der Waals surface area contributed by atoms with Crippen molar-refractivity contribution >= 4 is 45.8 Å².